The number of carbonyl (C=O) groups excluding carboxylic acids is 1. The van der Waals surface area contributed by atoms with Gasteiger partial charge in [-0.25, -0.2) is 4.79 Å². The molecule has 5 nitrogen and oxygen atoms in total. The molecule has 0 aliphatic carbocycles. The predicted octanol–water partition coefficient (Wildman–Crippen LogP) is 0.681. The molecule has 0 aliphatic heterocycles. The highest BCUT2D eigenvalue weighted by molar-refractivity contribution is 7.86. The zero-order valence-electron chi connectivity index (χ0n) is 7.38. The number of benzene rings is 1. The van der Waals surface area contributed by atoms with Gasteiger partial charge in [-0.05, 0) is 12.1 Å². The highest BCUT2D eigenvalue weighted by Crippen LogP contribution is 2.15. The summed E-state index contributed by atoms with van der Waals surface area (Å²) in [5.74, 6) is -1.01. The van der Waals surface area contributed by atoms with Crippen LogP contribution in [0.25, 0.3) is 0 Å². The summed E-state index contributed by atoms with van der Waals surface area (Å²) in [5.41, 5.74) is -0.307. The first-order chi connectivity index (χ1) is 6.96. The van der Waals surface area contributed by atoms with Crippen LogP contribution in [0.1, 0.15) is 10.4 Å². The van der Waals surface area contributed by atoms with Gasteiger partial charge >= 0.3 is 5.97 Å². The molecule has 1 aromatic carbocycles. The molecule has 0 amide bonds. The maximum atomic E-state index is 11.2. The van der Waals surface area contributed by atoms with E-state index in [1.807, 2.05) is 0 Å². The third kappa shape index (κ3) is 2.56. The van der Waals surface area contributed by atoms with Crippen LogP contribution in [0.2, 0.25) is 0 Å². The molecule has 0 saturated carbocycles. The predicted molar refractivity (Wildman–Crippen MR) is 50.5 cm³/mol. The lowest BCUT2D eigenvalue weighted by molar-refractivity contribution is 0.0686. The van der Waals surface area contributed by atoms with E-state index in [2.05, 4.69) is 4.74 Å². The number of ether oxygens (including phenoxy) is 1. The van der Waals surface area contributed by atoms with Gasteiger partial charge in [0.1, 0.15) is 11.0 Å². The van der Waals surface area contributed by atoms with E-state index in [4.69, 9.17) is 11.0 Å². The minimum Gasteiger partial charge on any atom is -0.369 e. The molecule has 1 aromatic rings. The van der Waals surface area contributed by atoms with Crippen molar-refractivity contribution in [3.8, 4) is 12.5 Å². The van der Waals surface area contributed by atoms with Gasteiger partial charge in [0.2, 0.25) is 0 Å². The zero-order chi connectivity index (χ0) is 11.5. The minimum atomic E-state index is -4.47. The lowest BCUT2D eigenvalue weighted by atomic mass is 10.2. The molecular weight excluding hydrogens is 220 g/mol. The van der Waals surface area contributed by atoms with Crippen molar-refractivity contribution in [2.45, 2.75) is 4.90 Å². The Morgan fingerprint density at radius 3 is 2.53 bits per heavy atom. The molecule has 0 heterocycles. The number of hydrogen-bond acceptors (Lipinski definition) is 4. The summed E-state index contributed by atoms with van der Waals surface area (Å²) in [5, 5.41) is 0. The van der Waals surface area contributed by atoms with Crippen LogP contribution in [0.4, 0.5) is 0 Å². The highest BCUT2D eigenvalue weighted by Gasteiger charge is 2.20. The van der Waals surface area contributed by atoms with E-state index in [-0.39, 0.29) is 5.56 Å². The van der Waals surface area contributed by atoms with Crippen LogP contribution in [0.3, 0.4) is 0 Å². The van der Waals surface area contributed by atoms with E-state index >= 15 is 0 Å². The fourth-order valence-corrected chi connectivity index (χ4v) is 1.65. The lowest BCUT2D eigenvalue weighted by Crippen LogP contribution is -2.09. The fourth-order valence-electron chi connectivity index (χ4n) is 0.969. The van der Waals surface area contributed by atoms with Gasteiger partial charge in [-0.2, -0.15) is 8.42 Å². The summed E-state index contributed by atoms with van der Waals surface area (Å²) in [6.07, 6.45) is 6.34. The van der Waals surface area contributed by atoms with Crippen LogP contribution >= 0.6 is 0 Å². The average Bonchev–Trinajstić information content (AvgIpc) is 2.17. The molecule has 78 valence electrons. The summed E-state index contributed by atoms with van der Waals surface area (Å²) < 4.78 is 34.7. The number of hydrogen-bond donors (Lipinski definition) is 1. The van der Waals surface area contributed by atoms with Gasteiger partial charge in [0.25, 0.3) is 10.1 Å². The summed E-state index contributed by atoms with van der Waals surface area (Å²) >= 11 is 0. The van der Waals surface area contributed by atoms with Crippen LogP contribution in [0.15, 0.2) is 29.2 Å². The fraction of sp³-hybridized carbons (Fsp3) is 0. The Bertz CT molecular complexity index is 524. The van der Waals surface area contributed by atoms with Crippen molar-refractivity contribution in [2.24, 2.45) is 0 Å². The molecule has 0 unspecified atom stereocenters. The van der Waals surface area contributed by atoms with Gasteiger partial charge in [-0.1, -0.05) is 18.6 Å². The highest BCUT2D eigenvalue weighted by atomic mass is 32.2. The molecule has 0 aromatic heterocycles. The van der Waals surface area contributed by atoms with Crippen LogP contribution < -0.4 is 0 Å². The largest absolute Gasteiger partial charge is 0.369 e. The first-order valence-electron chi connectivity index (χ1n) is 3.70. The third-order valence-electron chi connectivity index (χ3n) is 1.54. The number of esters is 1. The van der Waals surface area contributed by atoms with Crippen LogP contribution in [0, 0.1) is 12.5 Å². The topological polar surface area (TPSA) is 80.7 Å². The Labute approximate surface area is 86.4 Å². The summed E-state index contributed by atoms with van der Waals surface area (Å²) in [6.45, 7) is 0. The number of carbonyl (C=O) groups is 1. The molecular formula is C9H6O5S. The lowest BCUT2D eigenvalue weighted by Gasteiger charge is -2.02. The molecule has 15 heavy (non-hydrogen) atoms. The van der Waals surface area contributed by atoms with E-state index in [0.717, 1.165) is 6.07 Å². The second-order valence-electron chi connectivity index (χ2n) is 2.48. The smallest absolute Gasteiger partial charge is 0.353 e. The van der Waals surface area contributed by atoms with Gasteiger partial charge in [0.05, 0.1) is 5.56 Å². The van der Waals surface area contributed by atoms with E-state index in [9.17, 15) is 13.2 Å². The summed E-state index contributed by atoms with van der Waals surface area (Å²) in [6, 6.07) is 5.03. The molecule has 1 N–H and O–H groups in total. The second-order valence-corrected chi connectivity index (χ2v) is 3.87. The van der Waals surface area contributed by atoms with Crippen LogP contribution in [-0.2, 0) is 14.9 Å². The van der Waals surface area contributed by atoms with E-state index in [0.29, 0.717) is 0 Å². The van der Waals surface area contributed by atoms with Crippen molar-refractivity contribution < 1.29 is 22.5 Å². The first kappa shape index (κ1) is 11.2. The Morgan fingerprint density at radius 1 is 1.40 bits per heavy atom. The van der Waals surface area contributed by atoms with Crippen LogP contribution in [-0.4, -0.2) is 18.9 Å². The normalized spacial score (nSPS) is 10.4. The third-order valence-corrected chi connectivity index (χ3v) is 2.45. The summed E-state index contributed by atoms with van der Waals surface area (Å²) in [4.78, 5) is 10.6. The molecule has 6 heteroatoms. The van der Waals surface area contributed by atoms with Crippen molar-refractivity contribution in [3.63, 3.8) is 0 Å². The van der Waals surface area contributed by atoms with E-state index in [1.165, 1.54) is 18.2 Å². The standard InChI is InChI=1S/C9H6O5S/c1-2-14-9(10)7-5-3-4-6-8(7)15(11,12)13/h1,3-6H,(H,11,12,13). The Hall–Kier alpha value is -1.84. The van der Waals surface area contributed by atoms with Gasteiger partial charge in [-0.3, -0.25) is 4.55 Å². The zero-order valence-corrected chi connectivity index (χ0v) is 8.19. The quantitative estimate of drug-likeness (QED) is 0.455. The molecule has 0 radical (unpaired) electrons. The molecule has 0 aliphatic rings. The summed E-state index contributed by atoms with van der Waals surface area (Å²) in [7, 11) is -4.47. The van der Waals surface area contributed by atoms with E-state index < -0.39 is 21.0 Å². The van der Waals surface area contributed by atoms with Crippen molar-refractivity contribution in [1.29, 1.82) is 0 Å². The SMILES string of the molecule is C#COC(=O)c1ccccc1S(=O)(=O)O. The Morgan fingerprint density at radius 2 is 2.00 bits per heavy atom. The van der Waals surface area contributed by atoms with Gasteiger partial charge in [0, 0.05) is 0 Å². The first-order valence-corrected chi connectivity index (χ1v) is 5.14. The van der Waals surface area contributed by atoms with Gasteiger partial charge in [-0.15, -0.1) is 0 Å². The number of terminal acetylenes is 1. The van der Waals surface area contributed by atoms with Crippen molar-refractivity contribution >= 4 is 16.1 Å². The Kier molecular flexibility index (Phi) is 3.09. The molecule has 0 atom stereocenters. The van der Waals surface area contributed by atoms with Crippen molar-refractivity contribution in [2.75, 3.05) is 0 Å². The molecule has 0 spiro atoms. The number of rotatable bonds is 2. The van der Waals surface area contributed by atoms with Gasteiger partial charge < -0.3 is 4.74 Å². The minimum absolute atomic E-state index is 0.307. The second kappa shape index (κ2) is 4.13. The van der Waals surface area contributed by atoms with Gasteiger partial charge in [0.15, 0.2) is 0 Å². The Balaban J connectivity index is 3.32. The maximum absolute atomic E-state index is 11.2. The van der Waals surface area contributed by atoms with Crippen LogP contribution in [0.5, 0.6) is 0 Å². The van der Waals surface area contributed by atoms with E-state index in [1.54, 1.807) is 6.11 Å². The molecule has 0 saturated heterocycles. The van der Waals surface area contributed by atoms with Crippen molar-refractivity contribution in [3.05, 3.63) is 29.8 Å². The molecule has 0 bridgehead atoms. The van der Waals surface area contributed by atoms with Crippen molar-refractivity contribution in [1.82, 2.24) is 0 Å². The average molecular weight is 226 g/mol. The molecule has 0 fully saturated rings. The maximum Gasteiger partial charge on any atom is 0.353 e. The molecule has 1 rings (SSSR count). The monoisotopic (exact) mass is 226 g/mol.